The third-order valence-corrected chi connectivity index (χ3v) is 3.54. The number of amides is 1. The highest BCUT2D eigenvalue weighted by atomic mass is 19.4. The number of benzene rings is 1. The summed E-state index contributed by atoms with van der Waals surface area (Å²) in [5.41, 5.74) is -0.381. The lowest BCUT2D eigenvalue weighted by Crippen LogP contribution is -2.40. The van der Waals surface area contributed by atoms with Crippen LogP contribution in [-0.4, -0.2) is 41.3 Å². The van der Waals surface area contributed by atoms with Crippen molar-refractivity contribution in [3.05, 3.63) is 29.6 Å². The molecule has 126 valence electrons. The second-order valence-electron chi connectivity index (χ2n) is 5.09. The Bertz CT molecular complexity index is 609. The first kappa shape index (κ1) is 17.0. The van der Waals surface area contributed by atoms with Gasteiger partial charge in [0.25, 0.3) is 5.91 Å². The van der Waals surface area contributed by atoms with Crippen LogP contribution in [0, 0.1) is 11.7 Å². The van der Waals surface area contributed by atoms with E-state index >= 15 is 0 Å². The zero-order valence-corrected chi connectivity index (χ0v) is 11.8. The van der Waals surface area contributed by atoms with Crippen LogP contribution >= 0.6 is 0 Å². The predicted octanol–water partition coefficient (Wildman–Crippen LogP) is 2.66. The van der Waals surface area contributed by atoms with E-state index in [0.29, 0.717) is 6.07 Å². The molecule has 1 N–H and O–H groups in total. The van der Waals surface area contributed by atoms with Crippen LogP contribution in [-0.2, 0) is 4.79 Å². The number of carboxylic acid groups (broad SMARTS) is 1. The molecule has 1 aliphatic heterocycles. The van der Waals surface area contributed by atoms with Crippen LogP contribution in [0.2, 0.25) is 0 Å². The maximum Gasteiger partial charge on any atom is 0.573 e. The first-order valence-corrected chi connectivity index (χ1v) is 6.75. The summed E-state index contributed by atoms with van der Waals surface area (Å²) in [6.45, 7) is 0.298. The minimum absolute atomic E-state index is 0.149. The van der Waals surface area contributed by atoms with Crippen molar-refractivity contribution >= 4 is 11.9 Å². The van der Waals surface area contributed by atoms with Crippen molar-refractivity contribution in [2.75, 3.05) is 13.1 Å². The van der Waals surface area contributed by atoms with Crippen molar-refractivity contribution in [3.63, 3.8) is 0 Å². The van der Waals surface area contributed by atoms with Crippen molar-refractivity contribution in [1.82, 2.24) is 4.90 Å². The molecular weight excluding hydrogens is 322 g/mol. The Hall–Kier alpha value is -2.32. The smallest absolute Gasteiger partial charge is 0.481 e. The maximum atomic E-state index is 13.8. The fourth-order valence-corrected chi connectivity index (χ4v) is 2.37. The predicted molar refractivity (Wildman–Crippen MR) is 69.3 cm³/mol. The van der Waals surface area contributed by atoms with Crippen molar-refractivity contribution in [1.29, 1.82) is 0 Å². The second kappa shape index (κ2) is 6.43. The van der Waals surface area contributed by atoms with Gasteiger partial charge >= 0.3 is 12.3 Å². The summed E-state index contributed by atoms with van der Waals surface area (Å²) in [5, 5.41) is 8.88. The van der Waals surface area contributed by atoms with Gasteiger partial charge < -0.3 is 14.7 Å². The number of ether oxygens (including phenoxy) is 1. The number of hydrogen-bond acceptors (Lipinski definition) is 3. The van der Waals surface area contributed by atoms with Gasteiger partial charge in [-0.2, -0.15) is 0 Å². The lowest BCUT2D eigenvalue weighted by atomic mass is 9.96. The molecule has 0 spiro atoms. The van der Waals surface area contributed by atoms with Crippen molar-refractivity contribution in [2.24, 2.45) is 5.92 Å². The van der Waals surface area contributed by atoms with Gasteiger partial charge in [0.15, 0.2) is 0 Å². The van der Waals surface area contributed by atoms with Gasteiger partial charge in [-0.1, -0.05) is 0 Å². The number of likely N-dealkylation sites (tertiary alicyclic amines) is 1. The highest BCUT2D eigenvalue weighted by molar-refractivity contribution is 5.94. The van der Waals surface area contributed by atoms with E-state index in [1.165, 1.54) is 4.90 Å². The number of carboxylic acids is 1. The number of carbonyl (C=O) groups is 2. The Morgan fingerprint density at radius 2 is 1.83 bits per heavy atom. The van der Waals surface area contributed by atoms with Crippen LogP contribution < -0.4 is 4.74 Å². The molecule has 1 amide bonds. The molecular formula is C14H13F4NO4. The van der Waals surface area contributed by atoms with Gasteiger partial charge in [0.2, 0.25) is 0 Å². The third kappa shape index (κ3) is 4.33. The van der Waals surface area contributed by atoms with Gasteiger partial charge in [0, 0.05) is 19.2 Å². The molecule has 5 nitrogen and oxygen atoms in total. The lowest BCUT2D eigenvalue weighted by molar-refractivity contribution is -0.274. The molecule has 0 aliphatic carbocycles. The van der Waals surface area contributed by atoms with Gasteiger partial charge in [0.05, 0.1) is 11.5 Å². The van der Waals surface area contributed by atoms with Gasteiger partial charge in [-0.15, -0.1) is 13.2 Å². The van der Waals surface area contributed by atoms with E-state index in [4.69, 9.17) is 5.11 Å². The Morgan fingerprint density at radius 3 is 2.30 bits per heavy atom. The molecule has 0 saturated carbocycles. The zero-order valence-electron chi connectivity index (χ0n) is 11.8. The van der Waals surface area contributed by atoms with Gasteiger partial charge in [-0.05, 0) is 25.0 Å². The number of aliphatic carboxylic acids is 1. The summed E-state index contributed by atoms with van der Waals surface area (Å²) < 4.78 is 53.6. The number of piperidine rings is 1. The Kier molecular flexibility index (Phi) is 4.76. The topological polar surface area (TPSA) is 66.8 Å². The van der Waals surface area contributed by atoms with Crippen LogP contribution in [0.15, 0.2) is 18.2 Å². The van der Waals surface area contributed by atoms with Crippen LogP contribution in [0.25, 0.3) is 0 Å². The van der Waals surface area contributed by atoms with Crippen LogP contribution in [0.1, 0.15) is 23.2 Å². The number of alkyl halides is 3. The van der Waals surface area contributed by atoms with Crippen molar-refractivity contribution in [3.8, 4) is 5.75 Å². The minimum atomic E-state index is -4.95. The first-order valence-electron chi connectivity index (χ1n) is 6.75. The van der Waals surface area contributed by atoms with Crippen molar-refractivity contribution < 1.29 is 37.0 Å². The van der Waals surface area contributed by atoms with Crippen LogP contribution in [0.4, 0.5) is 17.6 Å². The maximum absolute atomic E-state index is 13.8. The van der Waals surface area contributed by atoms with E-state index in [0.717, 1.165) is 12.1 Å². The number of halogens is 4. The summed E-state index contributed by atoms with van der Waals surface area (Å²) in [5.74, 6) is -4.07. The molecule has 1 heterocycles. The standard InChI is InChI=1S/C14H13F4NO4/c15-11-7-9(23-14(16,17)18)1-2-10(11)12(20)19-5-3-8(4-6-19)13(21)22/h1-2,7-8H,3-6H2,(H,21,22). The molecule has 0 unspecified atom stereocenters. The average Bonchev–Trinajstić information content (AvgIpc) is 2.45. The molecule has 0 bridgehead atoms. The molecule has 1 aliphatic rings. The lowest BCUT2D eigenvalue weighted by Gasteiger charge is -2.30. The summed E-state index contributed by atoms with van der Waals surface area (Å²) >= 11 is 0. The fourth-order valence-electron chi connectivity index (χ4n) is 2.37. The Morgan fingerprint density at radius 1 is 1.22 bits per heavy atom. The number of hydrogen-bond donors (Lipinski definition) is 1. The SMILES string of the molecule is O=C(O)C1CCN(C(=O)c2ccc(OC(F)(F)F)cc2F)CC1. The normalized spacial score (nSPS) is 16.3. The van der Waals surface area contributed by atoms with E-state index < -0.39 is 35.7 Å². The second-order valence-corrected chi connectivity index (χ2v) is 5.09. The van der Waals surface area contributed by atoms with Gasteiger partial charge in [-0.3, -0.25) is 9.59 Å². The highest BCUT2D eigenvalue weighted by Crippen LogP contribution is 2.26. The van der Waals surface area contributed by atoms with Crippen molar-refractivity contribution in [2.45, 2.75) is 19.2 Å². The molecule has 9 heteroatoms. The van der Waals surface area contributed by atoms with Gasteiger partial charge in [0.1, 0.15) is 11.6 Å². The number of rotatable bonds is 3. The molecule has 2 rings (SSSR count). The third-order valence-electron chi connectivity index (χ3n) is 3.54. The highest BCUT2D eigenvalue weighted by Gasteiger charge is 2.32. The quantitative estimate of drug-likeness (QED) is 0.863. The number of carbonyl (C=O) groups excluding carboxylic acids is 1. The Balaban J connectivity index is 2.07. The molecule has 1 aromatic rings. The number of nitrogens with zero attached hydrogens (tertiary/aromatic N) is 1. The monoisotopic (exact) mass is 335 g/mol. The van der Waals surface area contributed by atoms with Crippen LogP contribution in [0.5, 0.6) is 5.75 Å². The largest absolute Gasteiger partial charge is 0.573 e. The molecule has 1 fully saturated rings. The van der Waals surface area contributed by atoms with E-state index in [-0.39, 0.29) is 31.5 Å². The average molecular weight is 335 g/mol. The summed E-state index contributed by atoms with van der Waals surface area (Å²) in [6, 6.07) is 2.26. The summed E-state index contributed by atoms with van der Waals surface area (Å²) in [7, 11) is 0. The molecule has 0 aromatic heterocycles. The molecule has 23 heavy (non-hydrogen) atoms. The zero-order chi connectivity index (χ0) is 17.2. The molecule has 1 aromatic carbocycles. The van der Waals surface area contributed by atoms with E-state index in [9.17, 15) is 27.2 Å². The van der Waals surface area contributed by atoms with E-state index in [1.54, 1.807) is 0 Å². The van der Waals surface area contributed by atoms with Gasteiger partial charge in [-0.25, -0.2) is 4.39 Å². The Labute approximate surface area is 128 Å². The molecule has 0 radical (unpaired) electrons. The molecule has 0 atom stereocenters. The van der Waals surface area contributed by atoms with E-state index in [1.807, 2.05) is 0 Å². The summed E-state index contributed by atoms with van der Waals surface area (Å²) in [4.78, 5) is 24.3. The van der Waals surface area contributed by atoms with Crippen LogP contribution in [0.3, 0.4) is 0 Å². The summed E-state index contributed by atoms with van der Waals surface area (Å²) in [6.07, 6.45) is -4.45. The molecule has 1 saturated heterocycles. The first-order chi connectivity index (χ1) is 10.7. The fraction of sp³-hybridized carbons (Fsp3) is 0.429. The minimum Gasteiger partial charge on any atom is -0.481 e. The van der Waals surface area contributed by atoms with E-state index in [2.05, 4.69) is 4.74 Å².